The van der Waals surface area contributed by atoms with Crippen molar-refractivity contribution < 1.29 is 4.79 Å². The van der Waals surface area contributed by atoms with E-state index in [1.807, 2.05) is 43.3 Å². The zero-order valence-electron chi connectivity index (χ0n) is 14.6. The van der Waals surface area contributed by atoms with Crippen molar-refractivity contribution in [3.05, 3.63) is 77.6 Å². The molecule has 0 atom stereocenters. The number of hydrogen-bond acceptors (Lipinski definition) is 4. The highest BCUT2D eigenvalue weighted by Crippen LogP contribution is 2.35. The van der Waals surface area contributed by atoms with E-state index in [1.54, 1.807) is 18.3 Å². The number of benzene rings is 2. The van der Waals surface area contributed by atoms with Gasteiger partial charge in [0.1, 0.15) is 5.15 Å². The van der Waals surface area contributed by atoms with Gasteiger partial charge in [-0.1, -0.05) is 29.8 Å². The summed E-state index contributed by atoms with van der Waals surface area (Å²) >= 11 is 5.94. The Hall–Kier alpha value is -3.31. The van der Waals surface area contributed by atoms with Crippen LogP contribution in [-0.2, 0) is 0 Å². The molecule has 1 aliphatic heterocycles. The summed E-state index contributed by atoms with van der Waals surface area (Å²) in [5.74, 6) is -0.159. The fourth-order valence-corrected chi connectivity index (χ4v) is 3.10. The average Bonchev–Trinajstić information content (AvgIpc) is 2.76. The minimum atomic E-state index is -0.159. The van der Waals surface area contributed by atoms with E-state index in [2.05, 4.69) is 27.5 Å². The summed E-state index contributed by atoms with van der Waals surface area (Å²) in [6.07, 6.45) is 1.63. The summed E-state index contributed by atoms with van der Waals surface area (Å²) in [7, 11) is 0. The molecule has 134 valence electrons. The number of hydrogen-bond donors (Lipinski definition) is 3. The Morgan fingerprint density at radius 3 is 2.59 bits per heavy atom. The molecule has 4 rings (SSSR count). The zero-order chi connectivity index (χ0) is 19.0. The first-order valence-corrected chi connectivity index (χ1v) is 8.78. The topological polar surface area (TPSA) is 66.0 Å². The van der Waals surface area contributed by atoms with Gasteiger partial charge in [-0.3, -0.25) is 4.79 Å². The van der Waals surface area contributed by atoms with Gasteiger partial charge in [0.15, 0.2) is 0 Å². The molecule has 3 N–H and O–H groups in total. The van der Waals surface area contributed by atoms with Crippen molar-refractivity contribution in [2.24, 2.45) is 0 Å². The van der Waals surface area contributed by atoms with E-state index in [9.17, 15) is 4.79 Å². The number of allylic oxidation sites excluding steroid dienone is 1. The van der Waals surface area contributed by atoms with Gasteiger partial charge in [-0.15, -0.1) is 0 Å². The predicted molar refractivity (Wildman–Crippen MR) is 111 cm³/mol. The van der Waals surface area contributed by atoms with Crippen molar-refractivity contribution in [3.8, 4) is 0 Å². The van der Waals surface area contributed by atoms with Crippen molar-refractivity contribution in [1.82, 2.24) is 4.98 Å². The molecular weight excluding hydrogens is 360 g/mol. The number of carbonyl (C=O) groups excluding carboxylic acids is 1. The second kappa shape index (κ2) is 6.78. The fourth-order valence-electron chi connectivity index (χ4n) is 2.93. The molecule has 0 bridgehead atoms. The highest BCUT2D eigenvalue weighted by molar-refractivity contribution is 6.29. The molecule has 2 heterocycles. The molecule has 1 aromatic heterocycles. The Morgan fingerprint density at radius 2 is 1.81 bits per heavy atom. The summed E-state index contributed by atoms with van der Waals surface area (Å²) in [6.45, 7) is 5.89. The smallest absolute Gasteiger partial charge is 0.257 e. The van der Waals surface area contributed by atoms with Gasteiger partial charge in [-0.05, 0) is 55.0 Å². The van der Waals surface area contributed by atoms with Gasteiger partial charge in [0.25, 0.3) is 5.91 Å². The van der Waals surface area contributed by atoms with E-state index in [0.29, 0.717) is 10.7 Å². The van der Waals surface area contributed by atoms with E-state index >= 15 is 0 Å². The number of amides is 1. The van der Waals surface area contributed by atoms with Crippen LogP contribution in [0.25, 0.3) is 5.57 Å². The first-order chi connectivity index (χ1) is 13.0. The van der Waals surface area contributed by atoms with Gasteiger partial charge in [0, 0.05) is 17.6 Å². The Balaban J connectivity index is 1.69. The number of carbonyl (C=O) groups is 1. The van der Waals surface area contributed by atoms with Crippen LogP contribution in [0.4, 0.5) is 28.4 Å². The van der Waals surface area contributed by atoms with Crippen LogP contribution >= 0.6 is 11.6 Å². The largest absolute Gasteiger partial charge is 0.355 e. The highest BCUT2D eigenvalue weighted by atomic mass is 35.5. The SMILES string of the molecule is C=C(C)c1ccc2c(c1)NC(=O)c1ccc(Nc3ccnc(Cl)c3)cc1N2. The van der Waals surface area contributed by atoms with E-state index in [-0.39, 0.29) is 5.91 Å². The van der Waals surface area contributed by atoms with Crippen molar-refractivity contribution in [2.45, 2.75) is 6.92 Å². The maximum Gasteiger partial charge on any atom is 0.257 e. The normalized spacial score (nSPS) is 12.1. The van der Waals surface area contributed by atoms with Crippen LogP contribution in [0.5, 0.6) is 0 Å². The standard InChI is InChI=1S/C21H17ClN4O/c1-12(2)13-3-6-17-19(9-13)26-21(27)16-5-4-14(10-18(16)25-17)24-15-7-8-23-20(22)11-15/h3-11,25H,1H2,2H3,(H,23,24)(H,26,27). The predicted octanol–water partition coefficient (Wildman–Crippen LogP) is 5.82. The van der Waals surface area contributed by atoms with Crippen molar-refractivity contribution in [1.29, 1.82) is 0 Å². The number of halogens is 1. The average molecular weight is 377 g/mol. The highest BCUT2D eigenvalue weighted by Gasteiger charge is 2.19. The van der Waals surface area contributed by atoms with Gasteiger partial charge in [-0.25, -0.2) is 4.98 Å². The van der Waals surface area contributed by atoms with Crippen molar-refractivity contribution in [3.63, 3.8) is 0 Å². The van der Waals surface area contributed by atoms with Gasteiger partial charge < -0.3 is 16.0 Å². The molecule has 0 saturated heterocycles. The summed E-state index contributed by atoms with van der Waals surface area (Å²) in [6, 6.07) is 14.9. The summed E-state index contributed by atoms with van der Waals surface area (Å²) in [4.78, 5) is 16.6. The Morgan fingerprint density at radius 1 is 1.00 bits per heavy atom. The molecule has 0 spiro atoms. The van der Waals surface area contributed by atoms with E-state index < -0.39 is 0 Å². The van der Waals surface area contributed by atoms with E-state index in [4.69, 9.17) is 11.6 Å². The number of nitrogens with one attached hydrogen (secondary N) is 3. The summed E-state index contributed by atoms with van der Waals surface area (Å²) in [5.41, 5.74) is 6.43. The van der Waals surface area contributed by atoms with Crippen LogP contribution in [0.15, 0.2) is 61.3 Å². The van der Waals surface area contributed by atoms with Crippen molar-refractivity contribution in [2.75, 3.05) is 16.0 Å². The van der Waals surface area contributed by atoms with Crippen LogP contribution in [0.1, 0.15) is 22.8 Å². The van der Waals surface area contributed by atoms with Crippen LogP contribution < -0.4 is 16.0 Å². The third-order valence-corrected chi connectivity index (χ3v) is 4.52. The Labute approximate surface area is 162 Å². The molecule has 0 fully saturated rings. The first kappa shape index (κ1) is 17.1. The molecule has 0 aliphatic carbocycles. The molecule has 6 heteroatoms. The number of aromatic nitrogens is 1. The number of fused-ring (bicyclic) bond motifs is 2. The summed E-state index contributed by atoms with van der Waals surface area (Å²) < 4.78 is 0. The van der Waals surface area contributed by atoms with Crippen molar-refractivity contribution >= 4 is 51.5 Å². The molecule has 27 heavy (non-hydrogen) atoms. The number of pyridine rings is 1. The second-order valence-corrected chi connectivity index (χ2v) is 6.76. The monoisotopic (exact) mass is 376 g/mol. The van der Waals surface area contributed by atoms with Crippen LogP contribution in [-0.4, -0.2) is 10.9 Å². The molecule has 3 aromatic rings. The number of nitrogens with zero attached hydrogens (tertiary/aromatic N) is 1. The van der Waals surface area contributed by atoms with Crippen LogP contribution in [0, 0.1) is 0 Å². The minimum Gasteiger partial charge on any atom is -0.355 e. The molecule has 1 aliphatic rings. The van der Waals surface area contributed by atoms with Crippen LogP contribution in [0.2, 0.25) is 5.15 Å². The zero-order valence-corrected chi connectivity index (χ0v) is 15.4. The lowest BCUT2D eigenvalue weighted by molar-refractivity contribution is 0.102. The van der Waals surface area contributed by atoms with Gasteiger partial charge in [0.2, 0.25) is 0 Å². The van der Waals surface area contributed by atoms with Crippen LogP contribution in [0.3, 0.4) is 0 Å². The van der Waals surface area contributed by atoms with Gasteiger partial charge in [-0.2, -0.15) is 0 Å². The number of rotatable bonds is 3. The first-order valence-electron chi connectivity index (χ1n) is 8.40. The third kappa shape index (κ3) is 3.50. The molecule has 2 aromatic carbocycles. The molecule has 5 nitrogen and oxygen atoms in total. The Bertz CT molecular complexity index is 1080. The maximum atomic E-state index is 12.6. The maximum absolute atomic E-state index is 12.6. The lowest BCUT2D eigenvalue weighted by atomic mass is 10.1. The lowest BCUT2D eigenvalue weighted by Crippen LogP contribution is -2.10. The molecule has 0 saturated carbocycles. The molecule has 0 radical (unpaired) electrons. The summed E-state index contributed by atoms with van der Waals surface area (Å²) in [5, 5.41) is 9.99. The fraction of sp³-hybridized carbons (Fsp3) is 0.0476. The Kier molecular flexibility index (Phi) is 4.30. The van der Waals surface area contributed by atoms with Gasteiger partial charge in [0.05, 0.1) is 22.6 Å². The minimum absolute atomic E-state index is 0.159. The number of anilines is 5. The van der Waals surface area contributed by atoms with Gasteiger partial charge >= 0.3 is 0 Å². The quantitative estimate of drug-likeness (QED) is 0.504. The molecular formula is C21H17ClN4O. The molecule has 0 unspecified atom stereocenters. The third-order valence-electron chi connectivity index (χ3n) is 4.31. The molecule has 1 amide bonds. The van der Waals surface area contributed by atoms with E-state index in [1.165, 1.54) is 0 Å². The van der Waals surface area contributed by atoms with E-state index in [0.717, 1.165) is 39.6 Å². The lowest BCUT2D eigenvalue weighted by Gasteiger charge is -2.12. The second-order valence-electron chi connectivity index (χ2n) is 6.37.